The molecule has 0 aliphatic rings. The molecule has 6 heteroatoms. The van der Waals surface area contributed by atoms with E-state index in [0.29, 0.717) is 17.9 Å². The molecule has 1 amide bonds. The van der Waals surface area contributed by atoms with Gasteiger partial charge in [-0.15, -0.1) is 0 Å². The summed E-state index contributed by atoms with van der Waals surface area (Å²) in [5.41, 5.74) is 1.84. The highest BCUT2D eigenvalue weighted by Crippen LogP contribution is 2.06. The molecule has 0 spiro atoms. The first-order valence-electron chi connectivity index (χ1n) is 6.20. The quantitative estimate of drug-likeness (QED) is 0.884. The van der Waals surface area contributed by atoms with Gasteiger partial charge < -0.3 is 9.84 Å². The lowest BCUT2D eigenvalue weighted by molar-refractivity contribution is 0.0941. The van der Waals surface area contributed by atoms with Gasteiger partial charge >= 0.3 is 0 Å². The Labute approximate surface area is 111 Å². The molecule has 0 bridgehead atoms. The van der Waals surface area contributed by atoms with E-state index in [0.717, 1.165) is 24.3 Å². The molecule has 0 saturated heterocycles. The molecule has 0 atom stereocenters. The van der Waals surface area contributed by atoms with Crippen LogP contribution in [0.2, 0.25) is 0 Å². The first kappa shape index (κ1) is 13.2. The van der Waals surface area contributed by atoms with Crippen LogP contribution in [0.1, 0.15) is 41.0 Å². The van der Waals surface area contributed by atoms with Crippen molar-refractivity contribution in [1.82, 2.24) is 20.4 Å². The van der Waals surface area contributed by atoms with Gasteiger partial charge in [0.1, 0.15) is 5.76 Å². The summed E-state index contributed by atoms with van der Waals surface area (Å²) >= 11 is 0. The number of hydrogen-bond donors (Lipinski definition) is 1. The zero-order valence-corrected chi connectivity index (χ0v) is 11.0. The second-order valence-electron chi connectivity index (χ2n) is 4.26. The van der Waals surface area contributed by atoms with Crippen molar-refractivity contribution in [3.05, 3.63) is 41.3 Å². The van der Waals surface area contributed by atoms with Gasteiger partial charge in [-0.25, -0.2) is 0 Å². The number of nitrogens with one attached hydrogen (secondary N) is 1. The summed E-state index contributed by atoms with van der Waals surface area (Å²) in [6, 6.07) is 1.67. The van der Waals surface area contributed by atoms with Gasteiger partial charge in [0.15, 0.2) is 5.69 Å². The van der Waals surface area contributed by atoms with E-state index >= 15 is 0 Å². The van der Waals surface area contributed by atoms with Crippen LogP contribution in [0, 0.1) is 6.92 Å². The van der Waals surface area contributed by atoms with Crippen molar-refractivity contribution in [2.24, 2.45) is 0 Å². The fraction of sp³-hybridized carbons (Fsp3) is 0.385. The fourth-order valence-electron chi connectivity index (χ4n) is 1.56. The van der Waals surface area contributed by atoms with Crippen molar-refractivity contribution < 1.29 is 9.32 Å². The van der Waals surface area contributed by atoms with Crippen molar-refractivity contribution in [3.8, 4) is 0 Å². The molecule has 19 heavy (non-hydrogen) atoms. The lowest BCUT2D eigenvalue weighted by Crippen LogP contribution is -2.23. The third-order valence-corrected chi connectivity index (χ3v) is 2.55. The maximum Gasteiger partial charge on any atom is 0.273 e. The van der Waals surface area contributed by atoms with Crippen LogP contribution in [0.4, 0.5) is 0 Å². The molecule has 0 saturated carbocycles. The SMILES string of the molecule is CCCc1cc(C(=O)NCc2cnc(C)cn2)no1. The molecule has 0 aliphatic heterocycles. The minimum Gasteiger partial charge on any atom is -0.361 e. The minimum atomic E-state index is -0.270. The van der Waals surface area contributed by atoms with E-state index in [9.17, 15) is 4.79 Å². The highest BCUT2D eigenvalue weighted by molar-refractivity contribution is 5.92. The molecule has 2 aromatic heterocycles. The Morgan fingerprint density at radius 2 is 2.21 bits per heavy atom. The third-order valence-electron chi connectivity index (χ3n) is 2.55. The van der Waals surface area contributed by atoms with E-state index < -0.39 is 0 Å². The number of amides is 1. The summed E-state index contributed by atoms with van der Waals surface area (Å²) in [6.07, 6.45) is 5.04. The van der Waals surface area contributed by atoms with Crippen LogP contribution in [0.5, 0.6) is 0 Å². The normalized spacial score (nSPS) is 10.4. The average molecular weight is 260 g/mol. The molecule has 0 aromatic carbocycles. The van der Waals surface area contributed by atoms with Crippen LogP contribution < -0.4 is 5.32 Å². The number of carbonyl (C=O) groups excluding carboxylic acids is 1. The number of rotatable bonds is 5. The third kappa shape index (κ3) is 3.61. The smallest absolute Gasteiger partial charge is 0.273 e. The summed E-state index contributed by atoms with van der Waals surface area (Å²) in [6.45, 7) is 4.22. The number of aromatic nitrogens is 3. The van der Waals surface area contributed by atoms with Gasteiger partial charge in [0.2, 0.25) is 0 Å². The van der Waals surface area contributed by atoms with Gasteiger partial charge in [0.05, 0.1) is 24.1 Å². The highest BCUT2D eigenvalue weighted by atomic mass is 16.5. The van der Waals surface area contributed by atoms with Crippen LogP contribution in [0.3, 0.4) is 0 Å². The topological polar surface area (TPSA) is 80.9 Å². The van der Waals surface area contributed by atoms with Gasteiger partial charge in [0, 0.05) is 18.7 Å². The Morgan fingerprint density at radius 1 is 1.37 bits per heavy atom. The van der Waals surface area contributed by atoms with Gasteiger partial charge in [-0.1, -0.05) is 12.1 Å². The van der Waals surface area contributed by atoms with E-state index in [1.165, 1.54) is 0 Å². The predicted molar refractivity (Wildman–Crippen MR) is 68.4 cm³/mol. The van der Waals surface area contributed by atoms with Gasteiger partial charge in [-0.2, -0.15) is 0 Å². The summed E-state index contributed by atoms with van der Waals surface area (Å²) in [5, 5.41) is 6.46. The van der Waals surface area contributed by atoms with Crippen LogP contribution in [0.25, 0.3) is 0 Å². The first-order valence-corrected chi connectivity index (χ1v) is 6.20. The maximum absolute atomic E-state index is 11.8. The average Bonchev–Trinajstić information content (AvgIpc) is 2.87. The standard InChI is InChI=1S/C13H16N4O2/c1-3-4-11-5-12(17-19-11)13(18)16-8-10-7-14-9(2)6-15-10/h5-7H,3-4,8H2,1-2H3,(H,16,18). The molecular formula is C13H16N4O2. The number of aryl methyl sites for hydroxylation is 2. The molecule has 2 rings (SSSR count). The lowest BCUT2D eigenvalue weighted by atomic mass is 10.2. The maximum atomic E-state index is 11.8. The predicted octanol–water partition coefficient (Wildman–Crippen LogP) is 1.66. The summed E-state index contributed by atoms with van der Waals surface area (Å²) in [5.74, 6) is 0.455. The highest BCUT2D eigenvalue weighted by Gasteiger charge is 2.11. The van der Waals surface area contributed by atoms with E-state index in [4.69, 9.17) is 4.52 Å². The van der Waals surface area contributed by atoms with E-state index in [1.807, 2.05) is 13.8 Å². The van der Waals surface area contributed by atoms with Crippen molar-refractivity contribution in [2.75, 3.05) is 0 Å². The van der Waals surface area contributed by atoms with Gasteiger partial charge in [-0.05, 0) is 13.3 Å². The number of nitrogens with zero attached hydrogens (tertiary/aromatic N) is 3. The second kappa shape index (κ2) is 6.08. The number of carbonyl (C=O) groups is 1. The van der Waals surface area contributed by atoms with E-state index in [2.05, 4.69) is 20.4 Å². The van der Waals surface area contributed by atoms with Crippen molar-refractivity contribution in [2.45, 2.75) is 33.2 Å². The molecule has 0 unspecified atom stereocenters. The van der Waals surface area contributed by atoms with E-state index in [-0.39, 0.29) is 5.91 Å². The molecule has 0 fully saturated rings. The molecule has 1 N–H and O–H groups in total. The summed E-state index contributed by atoms with van der Waals surface area (Å²) in [7, 11) is 0. The summed E-state index contributed by atoms with van der Waals surface area (Å²) < 4.78 is 5.06. The van der Waals surface area contributed by atoms with Crippen LogP contribution >= 0.6 is 0 Å². The molecule has 2 heterocycles. The van der Waals surface area contributed by atoms with Crippen molar-refractivity contribution in [1.29, 1.82) is 0 Å². The Kier molecular flexibility index (Phi) is 4.22. The molecule has 0 aliphatic carbocycles. The largest absolute Gasteiger partial charge is 0.361 e. The zero-order valence-electron chi connectivity index (χ0n) is 11.0. The van der Waals surface area contributed by atoms with Gasteiger partial charge in [-0.3, -0.25) is 14.8 Å². The minimum absolute atomic E-state index is 0.270. The Hall–Kier alpha value is -2.24. The Morgan fingerprint density at radius 3 is 2.89 bits per heavy atom. The van der Waals surface area contributed by atoms with Crippen molar-refractivity contribution >= 4 is 5.91 Å². The summed E-state index contributed by atoms with van der Waals surface area (Å²) in [4.78, 5) is 20.1. The molecule has 2 aromatic rings. The van der Waals surface area contributed by atoms with Crippen LogP contribution in [-0.4, -0.2) is 21.0 Å². The lowest BCUT2D eigenvalue weighted by Gasteiger charge is -2.01. The molecule has 6 nitrogen and oxygen atoms in total. The van der Waals surface area contributed by atoms with Gasteiger partial charge in [0.25, 0.3) is 5.91 Å². The molecular weight excluding hydrogens is 244 g/mol. The van der Waals surface area contributed by atoms with Crippen LogP contribution in [-0.2, 0) is 13.0 Å². The first-order chi connectivity index (χ1) is 9.19. The Bertz CT molecular complexity index is 548. The fourth-order valence-corrected chi connectivity index (χ4v) is 1.56. The van der Waals surface area contributed by atoms with Crippen molar-refractivity contribution in [3.63, 3.8) is 0 Å². The van der Waals surface area contributed by atoms with E-state index in [1.54, 1.807) is 18.5 Å². The van der Waals surface area contributed by atoms with Crippen LogP contribution in [0.15, 0.2) is 23.0 Å². The second-order valence-corrected chi connectivity index (χ2v) is 4.26. The number of hydrogen-bond acceptors (Lipinski definition) is 5. The monoisotopic (exact) mass is 260 g/mol. The molecule has 0 radical (unpaired) electrons. The molecule has 100 valence electrons. The Balaban J connectivity index is 1.91. The zero-order chi connectivity index (χ0) is 13.7.